The van der Waals surface area contributed by atoms with Gasteiger partial charge in [0.1, 0.15) is 5.82 Å². The van der Waals surface area contributed by atoms with Crippen molar-refractivity contribution in [1.29, 1.82) is 0 Å². The van der Waals surface area contributed by atoms with E-state index in [2.05, 4.69) is 15.6 Å². The molecular weight excluding hydrogens is 226 g/mol. The summed E-state index contributed by atoms with van der Waals surface area (Å²) >= 11 is 0. The number of amides is 1. The normalized spacial score (nSPS) is 9.83. The smallest absolute Gasteiger partial charge is 0.224 e. The quantitative estimate of drug-likeness (QED) is 0.864. The summed E-state index contributed by atoms with van der Waals surface area (Å²) < 4.78 is 0. The Morgan fingerprint density at radius 2 is 1.89 bits per heavy atom. The highest BCUT2D eigenvalue weighted by atomic mass is 16.1. The van der Waals surface area contributed by atoms with Gasteiger partial charge in [-0.25, -0.2) is 4.98 Å². The van der Waals surface area contributed by atoms with E-state index in [0.717, 1.165) is 11.5 Å². The summed E-state index contributed by atoms with van der Waals surface area (Å²) in [5, 5.41) is 5.93. The number of nitrogens with one attached hydrogen (secondary N) is 2. The molecule has 0 radical (unpaired) electrons. The molecule has 0 aliphatic heterocycles. The molecular formula is C14H15N3O. The van der Waals surface area contributed by atoms with Crippen LogP contribution in [0.1, 0.15) is 13.3 Å². The molecule has 1 aromatic heterocycles. The van der Waals surface area contributed by atoms with Gasteiger partial charge in [0, 0.05) is 12.1 Å². The number of para-hydroxylation sites is 1. The lowest BCUT2D eigenvalue weighted by Crippen LogP contribution is -2.09. The first-order valence-electron chi connectivity index (χ1n) is 5.86. The van der Waals surface area contributed by atoms with Crippen LogP contribution in [-0.4, -0.2) is 10.9 Å². The Kier molecular flexibility index (Phi) is 3.91. The maximum Gasteiger partial charge on any atom is 0.224 e. The van der Waals surface area contributed by atoms with Crippen molar-refractivity contribution in [3.05, 3.63) is 48.7 Å². The van der Waals surface area contributed by atoms with E-state index in [4.69, 9.17) is 0 Å². The number of rotatable bonds is 4. The predicted molar refractivity (Wildman–Crippen MR) is 72.9 cm³/mol. The molecule has 0 aliphatic carbocycles. The molecule has 2 N–H and O–H groups in total. The molecule has 2 aromatic rings. The standard InChI is InChI=1S/C14H15N3O/c1-2-14(18)17-12-8-9-13(15-10-12)16-11-6-4-3-5-7-11/h3-10H,2H2,1H3,(H,15,16)(H,17,18). The van der Waals surface area contributed by atoms with Crippen molar-refractivity contribution in [2.24, 2.45) is 0 Å². The number of nitrogens with zero attached hydrogens (tertiary/aromatic N) is 1. The van der Waals surface area contributed by atoms with Crippen LogP contribution in [0.5, 0.6) is 0 Å². The van der Waals surface area contributed by atoms with Gasteiger partial charge in [0.25, 0.3) is 0 Å². The SMILES string of the molecule is CCC(=O)Nc1ccc(Nc2ccccc2)nc1. The largest absolute Gasteiger partial charge is 0.340 e. The minimum Gasteiger partial charge on any atom is -0.340 e. The third-order valence-corrected chi connectivity index (χ3v) is 2.41. The van der Waals surface area contributed by atoms with Crippen molar-refractivity contribution in [1.82, 2.24) is 4.98 Å². The van der Waals surface area contributed by atoms with Crippen LogP contribution in [0.4, 0.5) is 17.2 Å². The maximum absolute atomic E-state index is 11.2. The summed E-state index contributed by atoms with van der Waals surface area (Å²) in [6.45, 7) is 1.81. The zero-order chi connectivity index (χ0) is 12.8. The summed E-state index contributed by atoms with van der Waals surface area (Å²) in [4.78, 5) is 15.4. The lowest BCUT2D eigenvalue weighted by atomic mass is 10.3. The van der Waals surface area contributed by atoms with Crippen LogP contribution >= 0.6 is 0 Å². The van der Waals surface area contributed by atoms with Gasteiger partial charge in [-0.1, -0.05) is 25.1 Å². The van der Waals surface area contributed by atoms with Gasteiger partial charge in [-0.2, -0.15) is 0 Å². The fourth-order valence-electron chi connectivity index (χ4n) is 1.46. The average Bonchev–Trinajstić information content (AvgIpc) is 2.42. The summed E-state index contributed by atoms with van der Waals surface area (Å²) in [5.74, 6) is 0.733. The van der Waals surface area contributed by atoms with E-state index < -0.39 is 0 Å². The van der Waals surface area contributed by atoms with Crippen LogP contribution in [0, 0.1) is 0 Å². The van der Waals surface area contributed by atoms with Crippen LogP contribution in [-0.2, 0) is 4.79 Å². The molecule has 0 fully saturated rings. The molecule has 0 bridgehead atoms. The predicted octanol–water partition coefficient (Wildman–Crippen LogP) is 3.17. The van der Waals surface area contributed by atoms with Crippen molar-refractivity contribution < 1.29 is 4.79 Å². The van der Waals surface area contributed by atoms with Gasteiger partial charge in [-0.15, -0.1) is 0 Å². The third-order valence-electron chi connectivity index (χ3n) is 2.41. The monoisotopic (exact) mass is 241 g/mol. The summed E-state index contributed by atoms with van der Waals surface area (Å²) in [6, 6.07) is 13.5. The Labute approximate surface area is 106 Å². The van der Waals surface area contributed by atoms with Gasteiger partial charge >= 0.3 is 0 Å². The second-order valence-electron chi connectivity index (χ2n) is 3.82. The first-order valence-corrected chi connectivity index (χ1v) is 5.86. The maximum atomic E-state index is 11.2. The van der Waals surface area contributed by atoms with Crippen LogP contribution in [0.25, 0.3) is 0 Å². The topological polar surface area (TPSA) is 54.0 Å². The Bertz CT molecular complexity index is 508. The highest BCUT2D eigenvalue weighted by Crippen LogP contribution is 2.15. The molecule has 1 aromatic carbocycles. The van der Waals surface area contributed by atoms with Gasteiger partial charge in [-0.05, 0) is 24.3 Å². The molecule has 1 heterocycles. The zero-order valence-corrected chi connectivity index (χ0v) is 10.2. The second kappa shape index (κ2) is 5.82. The zero-order valence-electron chi connectivity index (χ0n) is 10.2. The van der Waals surface area contributed by atoms with Crippen LogP contribution in [0.2, 0.25) is 0 Å². The number of carbonyl (C=O) groups excluding carboxylic acids is 1. The summed E-state index contributed by atoms with van der Waals surface area (Å²) in [6.07, 6.45) is 2.10. The Balaban J connectivity index is 2.02. The first kappa shape index (κ1) is 12.1. The minimum absolute atomic E-state index is 0.0134. The Hall–Kier alpha value is -2.36. The number of aromatic nitrogens is 1. The van der Waals surface area contributed by atoms with Gasteiger partial charge in [0.15, 0.2) is 0 Å². The lowest BCUT2D eigenvalue weighted by molar-refractivity contribution is -0.115. The molecule has 0 atom stereocenters. The fraction of sp³-hybridized carbons (Fsp3) is 0.143. The number of anilines is 3. The van der Waals surface area contributed by atoms with Gasteiger partial charge in [0.05, 0.1) is 11.9 Å². The Morgan fingerprint density at radius 1 is 1.11 bits per heavy atom. The summed E-state index contributed by atoms with van der Waals surface area (Å²) in [7, 11) is 0. The van der Waals surface area contributed by atoms with Gasteiger partial charge < -0.3 is 10.6 Å². The molecule has 0 spiro atoms. The highest BCUT2D eigenvalue weighted by molar-refractivity contribution is 5.90. The molecule has 0 aliphatic rings. The highest BCUT2D eigenvalue weighted by Gasteiger charge is 2.00. The van der Waals surface area contributed by atoms with E-state index in [-0.39, 0.29) is 5.91 Å². The molecule has 4 nitrogen and oxygen atoms in total. The van der Waals surface area contributed by atoms with Crippen LogP contribution in [0.15, 0.2) is 48.7 Å². The van der Waals surface area contributed by atoms with Crippen LogP contribution in [0.3, 0.4) is 0 Å². The van der Waals surface area contributed by atoms with E-state index in [1.54, 1.807) is 6.20 Å². The van der Waals surface area contributed by atoms with Crippen molar-refractivity contribution in [3.63, 3.8) is 0 Å². The van der Waals surface area contributed by atoms with E-state index >= 15 is 0 Å². The van der Waals surface area contributed by atoms with Gasteiger partial charge in [0.2, 0.25) is 5.91 Å². The minimum atomic E-state index is -0.0134. The lowest BCUT2D eigenvalue weighted by Gasteiger charge is -2.07. The first-order chi connectivity index (χ1) is 8.78. The number of hydrogen-bond donors (Lipinski definition) is 2. The van der Waals surface area contributed by atoms with Crippen molar-refractivity contribution in [2.75, 3.05) is 10.6 Å². The Morgan fingerprint density at radius 3 is 2.50 bits per heavy atom. The average molecular weight is 241 g/mol. The van der Waals surface area contributed by atoms with E-state index in [1.807, 2.05) is 49.4 Å². The van der Waals surface area contributed by atoms with Gasteiger partial charge in [-0.3, -0.25) is 4.79 Å². The number of pyridine rings is 1. The number of hydrogen-bond acceptors (Lipinski definition) is 3. The summed E-state index contributed by atoms with van der Waals surface area (Å²) in [5.41, 5.74) is 1.69. The molecule has 0 unspecified atom stereocenters. The molecule has 0 saturated carbocycles. The molecule has 18 heavy (non-hydrogen) atoms. The van der Waals surface area contributed by atoms with E-state index in [9.17, 15) is 4.79 Å². The van der Waals surface area contributed by atoms with Crippen LogP contribution < -0.4 is 10.6 Å². The molecule has 1 amide bonds. The van der Waals surface area contributed by atoms with Crippen molar-refractivity contribution >= 4 is 23.1 Å². The van der Waals surface area contributed by atoms with E-state index in [1.165, 1.54) is 0 Å². The second-order valence-corrected chi connectivity index (χ2v) is 3.82. The number of carbonyl (C=O) groups is 1. The van der Waals surface area contributed by atoms with Crippen molar-refractivity contribution in [2.45, 2.75) is 13.3 Å². The third kappa shape index (κ3) is 3.31. The van der Waals surface area contributed by atoms with E-state index in [0.29, 0.717) is 12.1 Å². The number of benzene rings is 1. The molecule has 92 valence electrons. The van der Waals surface area contributed by atoms with Crippen molar-refractivity contribution in [3.8, 4) is 0 Å². The molecule has 0 saturated heterocycles. The molecule has 4 heteroatoms. The molecule has 2 rings (SSSR count). The fourth-order valence-corrected chi connectivity index (χ4v) is 1.46.